The predicted molar refractivity (Wildman–Crippen MR) is 94.2 cm³/mol. The molecule has 0 aromatic heterocycles. The lowest BCUT2D eigenvalue weighted by Crippen LogP contribution is -2.36. The van der Waals surface area contributed by atoms with Gasteiger partial charge in [-0.3, -0.25) is 4.31 Å². The minimum Gasteiger partial charge on any atom is -0.267 e. The number of hydrogen-bond donors (Lipinski definition) is 0. The fourth-order valence-corrected chi connectivity index (χ4v) is 6.50. The Hall–Kier alpha value is -1.12. The van der Waals surface area contributed by atoms with Crippen molar-refractivity contribution in [3.05, 3.63) is 23.8 Å². The van der Waals surface area contributed by atoms with E-state index in [0.29, 0.717) is 25.2 Å². The minimum atomic E-state index is -3.49. The minimum absolute atomic E-state index is 0.0323. The zero-order valence-corrected chi connectivity index (χ0v) is 15.7. The van der Waals surface area contributed by atoms with E-state index < -0.39 is 20.0 Å². The standard InChI is InChI=1S/C16H24N2O4S2/c1-3-23(19,20)18-13(2)11-14-12-15(7-8-16(14)18)24(21,22)17-9-5-4-6-10-17/h7-8,12-13H,3-6,9-11H2,1-2H3/t13-/m0/s1. The van der Waals surface area contributed by atoms with Gasteiger partial charge in [0.25, 0.3) is 0 Å². The Labute approximate surface area is 144 Å². The van der Waals surface area contributed by atoms with Gasteiger partial charge in [0.15, 0.2) is 0 Å². The molecule has 6 nitrogen and oxygen atoms in total. The van der Waals surface area contributed by atoms with Crippen molar-refractivity contribution < 1.29 is 16.8 Å². The average Bonchev–Trinajstić information content (AvgIpc) is 2.91. The first kappa shape index (κ1) is 17.7. The Kier molecular flexibility index (Phi) is 4.65. The summed E-state index contributed by atoms with van der Waals surface area (Å²) in [6.07, 6.45) is 3.39. The molecule has 2 heterocycles. The summed E-state index contributed by atoms with van der Waals surface area (Å²) in [6, 6.07) is 4.65. The topological polar surface area (TPSA) is 74.8 Å². The van der Waals surface area contributed by atoms with Crippen LogP contribution in [0.25, 0.3) is 0 Å². The zero-order valence-electron chi connectivity index (χ0n) is 14.1. The molecule has 0 bridgehead atoms. The Balaban J connectivity index is 1.98. The second-order valence-electron chi connectivity index (χ2n) is 6.50. The lowest BCUT2D eigenvalue weighted by atomic mass is 10.1. The van der Waals surface area contributed by atoms with Crippen molar-refractivity contribution in [3.8, 4) is 0 Å². The zero-order chi connectivity index (χ0) is 17.5. The first-order chi connectivity index (χ1) is 11.3. The van der Waals surface area contributed by atoms with Gasteiger partial charge in [-0.2, -0.15) is 4.31 Å². The van der Waals surface area contributed by atoms with Crippen LogP contribution in [0.1, 0.15) is 38.7 Å². The highest BCUT2D eigenvalue weighted by atomic mass is 32.2. The van der Waals surface area contributed by atoms with Crippen LogP contribution in [0.5, 0.6) is 0 Å². The summed E-state index contributed by atoms with van der Waals surface area (Å²) in [7, 11) is -6.85. The molecular formula is C16H24N2O4S2. The van der Waals surface area contributed by atoms with E-state index in [9.17, 15) is 16.8 Å². The number of hydrogen-bond acceptors (Lipinski definition) is 4. The summed E-state index contributed by atoms with van der Waals surface area (Å²) >= 11 is 0. The molecule has 1 fully saturated rings. The quantitative estimate of drug-likeness (QED) is 0.810. The van der Waals surface area contributed by atoms with Gasteiger partial charge < -0.3 is 0 Å². The maximum atomic E-state index is 12.8. The number of nitrogens with zero attached hydrogens (tertiary/aromatic N) is 2. The van der Waals surface area contributed by atoms with Gasteiger partial charge in [0.2, 0.25) is 20.0 Å². The molecule has 1 saturated heterocycles. The van der Waals surface area contributed by atoms with Crippen LogP contribution >= 0.6 is 0 Å². The first-order valence-electron chi connectivity index (χ1n) is 8.42. The van der Waals surface area contributed by atoms with Crippen molar-refractivity contribution in [2.24, 2.45) is 0 Å². The van der Waals surface area contributed by atoms with E-state index in [2.05, 4.69) is 0 Å². The first-order valence-corrected chi connectivity index (χ1v) is 11.5. The molecule has 24 heavy (non-hydrogen) atoms. The van der Waals surface area contributed by atoms with Gasteiger partial charge in [-0.25, -0.2) is 16.8 Å². The molecule has 8 heteroatoms. The molecule has 3 rings (SSSR count). The van der Waals surface area contributed by atoms with E-state index in [-0.39, 0.29) is 16.7 Å². The summed E-state index contributed by atoms with van der Waals surface area (Å²) in [5.41, 5.74) is 1.40. The maximum Gasteiger partial charge on any atom is 0.243 e. The normalized spacial score (nSPS) is 22.6. The third-order valence-electron chi connectivity index (χ3n) is 4.82. The number of piperidine rings is 1. The van der Waals surface area contributed by atoms with Crippen molar-refractivity contribution in [3.63, 3.8) is 0 Å². The van der Waals surface area contributed by atoms with Gasteiger partial charge >= 0.3 is 0 Å². The Morgan fingerprint density at radius 1 is 1.08 bits per heavy atom. The molecule has 0 spiro atoms. The van der Waals surface area contributed by atoms with Gasteiger partial charge in [-0.05, 0) is 56.9 Å². The molecule has 134 valence electrons. The van der Waals surface area contributed by atoms with E-state index in [4.69, 9.17) is 0 Å². The highest BCUT2D eigenvalue weighted by Gasteiger charge is 2.35. The van der Waals surface area contributed by atoms with E-state index in [1.165, 1.54) is 8.61 Å². The molecule has 0 aliphatic carbocycles. The van der Waals surface area contributed by atoms with Crippen LogP contribution in [-0.2, 0) is 26.5 Å². The SMILES string of the molecule is CCS(=O)(=O)N1c2ccc(S(=O)(=O)N3CCCCC3)cc2C[C@@H]1C. The molecule has 1 aromatic rings. The van der Waals surface area contributed by atoms with Crippen LogP contribution in [0.4, 0.5) is 5.69 Å². The van der Waals surface area contributed by atoms with E-state index in [0.717, 1.165) is 24.8 Å². The van der Waals surface area contributed by atoms with E-state index in [1.807, 2.05) is 6.92 Å². The fraction of sp³-hybridized carbons (Fsp3) is 0.625. The third kappa shape index (κ3) is 2.95. The van der Waals surface area contributed by atoms with E-state index in [1.54, 1.807) is 25.1 Å². The third-order valence-corrected chi connectivity index (χ3v) is 8.60. The highest BCUT2D eigenvalue weighted by Crippen LogP contribution is 2.36. The molecule has 0 unspecified atom stereocenters. The predicted octanol–water partition coefficient (Wildman–Crippen LogP) is 1.96. The molecule has 1 atom stereocenters. The largest absolute Gasteiger partial charge is 0.267 e. The van der Waals surface area contributed by atoms with Crippen molar-refractivity contribution in [1.82, 2.24) is 4.31 Å². The monoisotopic (exact) mass is 372 g/mol. The summed E-state index contributed by atoms with van der Waals surface area (Å²) in [5.74, 6) is 0.0323. The summed E-state index contributed by atoms with van der Waals surface area (Å²) in [6.45, 7) is 4.60. The van der Waals surface area contributed by atoms with Crippen LogP contribution in [0, 0.1) is 0 Å². The van der Waals surface area contributed by atoms with E-state index >= 15 is 0 Å². The summed E-state index contributed by atoms with van der Waals surface area (Å²) < 4.78 is 53.2. The van der Waals surface area contributed by atoms with Crippen LogP contribution in [0.15, 0.2) is 23.1 Å². The van der Waals surface area contributed by atoms with Gasteiger partial charge in [-0.15, -0.1) is 0 Å². The molecule has 0 N–H and O–H groups in total. The molecule has 0 radical (unpaired) electrons. The van der Waals surface area contributed by atoms with Crippen LogP contribution in [0.3, 0.4) is 0 Å². The van der Waals surface area contributed by atoms with Gasteiger partial charge in [0.1, 0.15) is 0 Å². The average molecular weight is 373 g/mol. The van der Waals surface area contributed by atoms with Crippen LogP contribution < -0.4 is 4.31 Å². The lowest BCUT2D eigenvalue weighted by molar-refractivity contribution is 0.346. The lowest BCUT2D eigenvalue weighted by Gasteiger charge is -2.26. The molecule has 0 saturated carbocycles. The number of fused-ring (bicyclic) bond motifs is 1. The smallest absolute Gasteiger partial charge is 0.243 e. The highest BCUT2D eigenvalue weighted by molar-refractivity contribution is 7.92. The van der Waals surface area contributed by atoms with Crippen molar-refractivity contribution in [2.45, 2.75) is 50.5 Å². The van der Waals surface area contributed by atoms with Crippen LogP contribution in [0.2, 0.25) is 0 Å². The molecule has 2 aliphatic heterocycles. The van der Waals surface area contributed by atoms with Crippen molar-refractivity contribution in [1.29, 1.82) is 0 Å². The van der Waals surface area contributed by atoms with Crippen molar-refractivity contribution >= 4 is 25.7 Å². The van der Waals surface area contributed by atoms with Gasteiger partial charge in [0, 0.05) is 19.1 Å². The summed E-state index contributed by atoms with van der Waals surface area (Å²) in [4.78, 5) is 0.270. The van der Waals surface area contributed by atoms with Gasteiger partial charge in [0.05, 0.1) is 16.3 Å². The Morgan fingerprint density at radius 3 is 2.38 bits per heavy atom. The number of sulfonamides is 2. The summed E-state index contributed by atoms with van der Waals surface area (Å²) in [5, 5.41) is 0. The molecule has 0 amide bonds. The Morgan fingerprint density at radius 2 is 1.75 bits per heavy atom. The molecule has 1 aromatic carbocycles. The molecule has 2 aliphatic rings. The number of benzene rings is 1. The Bertz CT molecular complexity index is 828. The second-order valence-corrected chi connectivity index (χ2v) is 10.6. The molecular weight excluding hydrogens is 348 g/mol. The number of anilines is 1. The van der Waals surface area contributed by atoms with Crippen LogP contribution in [-0.4, -0.2) is 46.0 Å². The maximum absolute atomic E-state index is 12.8. The number of rotatable bonds is 4. The second kappa shape index (κ2) is 6.31. The van der Waals surface area contributed by atoms with Gasteiger partial charge in [-0.1, -0.05) is 6.42 Å². The fourth-order valence-electron chi connectivity index (χ4n) is 3.56. The van der Waals surface area contributed by atoms with Crippen molar-refractivity contribution in [2.75, 3.05) is 23.1 Å².